The quantitative estimate of drug-likeness (QED) is 0.573. The van der Waals surface area contributed by atoms with Gasteiger partial charge in [0.15, 0.2) is 0 Å². The summed E-state index contributed by atoms with van der Waals surface area (Å²) in [5, 5.41) is 0. The van der Waals surface area contributed by atoms with Gasteiger partial charge in [-0.3, -0.25) is 15.6 Å². The number of ether oxygens (including phenoxy) is 1. The Balaban J connectivity index is 2.64. The van der Waals surface area contributed by atoms with Crippen LogP contribution in [0.15, 0.2) is 24.3 Å². The van der Waals surface area contributed by atoms with Crippen molar-refractivity contribution >= 4 is 17.6 Å². The second kappa shape index (κ2) is 4.99. The molecule has 0 aliphatic rings. The Bertz CT molecular complexity index is 359. The van der Waals surface area contributed by atoms with E-state index in [9.17, 15) is 9.59 Å². The van der Waals surface area contributed by atoms with Gasteiger partial charge in [-0.25, -0.2) is 4.79 Å². The molecule has 0 atom stereocenters. The zero-order valence-corrected chi connectivity index (χ0v) is 8.53. The van der Waals surface area contributed by atoms with Crippen LogP contribution in [0, 0.1) is 0 Å². The summed E-state index contributed by atoms with van der Waals surface area (Å²) in [6.07, 6.45) is 0. The molecule has 2 N–H and O–H groups in total. The van der Waals surface area contributed by atoms with Crippen LogP contribution < -0.4 is 10.9 Å². The lowest BCUT2D eigenvalue weighted by molar-refractivity contribution is -0.118. The van der Waals surface area contributed by atoms with Crippen LogP contribution in [-0.2, 0) is 9.53 Å². The van der Waals surface area contributed by atoms with Gasteiger partial charge in [0.2, 0.25) is 5.91 Å². The van der Waals surface area contributed by atoms with Gasteiger partial charge in [0.1, 0.15) is 0 Å². The minimum Gasteiger partial charge on any atom is -0.465 e. The standard InChI is InChI=1S/C10H12N2O3/c1-7(13)11-12-9-5-3-8(4-6-9)10(14)15-2/h3-6,12H,1-2H3,(H,11,13). The number of benzene rings is 1. The van der Waals surface area contributed by atoms with Gasteiger partial charge in [-0.15, -0.1) is 0 Å². The summed E-state index contributed by atoms with van der Waals surface area (Å²) >= 11 is 0. The van der Waals surface area contributed by atoms with E-state index < -0.39 is 0 Å². The van der Waals surface area contributed by atoms with Crippen LogP contribution in [0.25, 0.3) is 0 Å². The number of esters is 1. The van der Waals surface area contributed by atoms with Crippen LogP contribution in [0.4, 0.5) is 5.69 Å². The number of methoxy groups -OCH3 is 1. The van der Waals surface area contributed by atoms with E-state index in [1.807, 2.05) is 0 Å². The maximum Gasteiger partial charge on any atom is 0.337 e. The molecule has 0 aliphatic carbocycles. The normalized spacial score (nSPS) is 9.20. The van der Waals surface area contributed by atoms with Crippen LogP contribution in [0.2, 0.25) is 0 Å². The molecule has 5 nitrogen and oxygen atoms in total. The van der Waals surface area contributed by atoms with Crippen molar-refractivity contribution in [2.75, 3.05) is 12.5 Å². The summed E-state index contributed by atoms with van der Waals surface area (Å²) in [5.41, 5.74) is 6.25. The SMILES string of the molecule is COC(=O)c1ccc(NNC(C)=O)cc1. The molecule has 0 aromatic heterocycles. The van der Waals surface area contributed by atoms with Crippen molar-refractivity contribution in [3.05, 3.63) is 29.8 Å². The largest absolute Gasteiger partial charge is 0.465 e. The zero-order valence-electron chi connectivity index (χ0n) is 8.53. The van der Waals surface area contributed by atoms with E-state index in [0.717, 1.165) is 0 Å². The van der Waals surface area contributed by atoms with Gasteiger partial charge >= 0.3 is 5.97 Å². The third-order valence-corrected chi connectivity index (χ3v) is 1.69. The average molecular weight is 208 g/mol. The molecule has 0 aliphatic heterocycles. The van der Waals surface area contributed by atoms with Gasteiger partial charge in [0.05, 0.1) is 18.4 Å². The Labute approximate surface area is 87.4 Å². The molecule has 1 rings (SSSR count). The van der Waals surface area contributed by atoms with Gasteiger partial charge < -0.3 is 4.74 Å². The topological polar surface area (TPSA) is 67.4 Å². The first kappa shape index (κ1) is 11.0. The van der Waals surface area contributed by atoms with Crippen molar-refractivity contribution in [2.45, 2.75) is 6.92 Å². The number of hydrogen-bond donors (Lipinski definition) is 2. The lowest BCUT2D eigenvalue weighted by Crippen LogP contribution is -2.26. The van der Waals surface area contributed by atoms with E-state index >= 15 is 0 Å². The molecular weight excluding hydrogens is 196 g/mol. The van der Waals surface area contributed by atoms with Crippen LogP contribution in [-0.4, -0.2) is 19.0 Å². The highest BCUT2D eigenvalue weighted by Gasteiger charge is 2.03. The van der Waals surface area contributed by atoms with Gasteiger partial charge in [-0.2, -0.15) is 0 Å². The van der Waals surface area contributed by atoms with E-state index in [1.54, 1.807) is 24.3 Å². The molecule has 5 heteroatoms. The second-order valence-electron chi connectivity index (χ2n) is 2.88. The predicted octanol–water partition coefficient (Wildman–Crippen LogP) is 0.936. The number of hydrazine groups is 1. The number of amides is 1. The molecule has 0 bridgehead atoms. The lowest BCUT2D eigenvalue weighted by atomic mass is 10.2. The monoisotopic (exact) mass is 208 g/mol. The highest BCUT2D eigenvalue weighted by Crippen LogP contribution is 2.08. The predicted molar refractivity (Wildman–Crippen MR) is 55.2 cm³/mol. The first-order valence-electron chi connectivity index (χ1n) is 4.34. The molecule has 1 amide bonds. The van der Waals surface area contributed by atoms with E-state index in [-0.39, 0.29) is 11.9 Å². The molecule has 80 valence electrons. The minimum absolute atomic E-state index is 0.188. The second-order valence-corrected chi connectivity index (χ2v) is 2.88. The molecule has 0 radical (unpaired) electrons. The van der Waals surface area contributed by atoms with Crippen molar-refractivity contribution in [1.82, 2.24) is 5.43 Å². The van der Waals surface area contributed by atoms with E-state index in [0.29, 0.717) is 11.3 Å². The number of carbonyl (C=O) groups excluding carboxylic acids is 2. The number of rotatable bonds is 3. The molecule has 15 heavy (non-hydrogen) atoms. The molecule has 0 unspecified atom stereocenters. The number of nitrogens with one attached hydrogen (secondary N) is 2. The van der Waals surface area contributed by atoms with Gasteiger partial charge in [-0.1, -0.05) is 0 Å². The van der Waals surface area contributed by atoms with Crippen molar-refractivity contribution in [2.24, 2.45) is 0 Å². The number of carbonyl (C=O) groups is 2. The Morgan fingerprint density at radius 2 is 1.80 bits per heavy atom. The molecular formula is C10H12N2O3. The Kier molecular flexibility index (Phi) is 3.68. The van der Waals surface area contributed by atoms with Gasteiger partial charge in [-0.05, 0) is 24.3 Å². The van der Waals surface area contributed by atoms with Crippen LogP contribution >= 0.6 is 0 Å². The Hall–Kier alpha value is -2.04. The molecule has 0 heterocycles. The maximum atomic E-state index is 11.1. The molecule has 0 saturated carbocycles. The number of anilines is 1. The first-order valence-corrected chi connectivity index (χ1v) is 4.34. The third kappa shape index (κ3) is 3.30. The minimum atomic E-state index is -0.388. The highest BCUT2D eigenvalue weighted by atomic mass is 16.5. The summed E-state index contributed by atoms with van der Waals surface area (Å²) in [6.45, 7) is 1.40. The van der Waals surface area contributed by atoms with Crippen molar-refractivity contribution < 1.29 is 14.3 Å². The Morgan fingerprint density at radius 1 is 1.20 bits per heavy atom. The van der Waals surface area contributed by atoms with E-state index in [4.69, 9.17) is 0 Å². The van der Waals surface area contributed by atoms with Crippen molar-refractivity contribution in [1.29, 1.82) is 0 Å². The fraction of sp³-hybridized carbons (Fsp3) is 0.200. The summed E-state index contributed by atoms with van der Waals surface area (Å²) in [4.78, 5) is 21.7. The summed E-state index contributed by atoms with van der Waals surface area (Å²) in [6, 6.07) is 6.55. The summed E-state index contributed by atoms with van der Waals surface area (Å²) < 4.78 is 4.55. The number of hydrogen-bond acceptors (Lipinski definition) is 4. The average Bonchev–Trinajstić information content (AvgIpc) is 2.26. The van der Waals surface area contributed by atoms with Crippen LogP contribution in [0.3, 0.4) is 0 Å². The summed E-state index contributed by atoms with van der Waals surface area (Å²) in [7, 11) is 1.33. The fourth-order valence-corrected chi connectivity index (χ4v) is 0.968. The first-order chi connectivity index (χ1) is 7.13. The fourth-order valence-electron chi connectivity index (χ4n) is 0.968. The zero-order chi connectivity index (χ0) is 11.3. The molecule has 0 spiro atoms. The summed E-state index contributed by atoms with van der Waals surface area (Å²) in [5.74, 6) is -0.576. The van der Waals surface area contributed by atoms with Crippen molar-refractivity contribution in [3.8, 4) is 0 Å². The highest BCUT2D eigenvalue weighted by molar-refractivity contribution is 5.89. The maximum absolute atomic E-state index is 11.1. The third-order valence-electron chi connectivity index (χ3n) is 1.69. The lowest BCUT2D eigenvalue weighted by Gasteiger charge is -2.06. The van der Waals surface area contributed by atoms with Gasteiger partial charge in [0.25, 0.3) is 0 Å². The smallest absolute Gasteiger partial charge is 0.337 e. The van der Waals surface area contributed by atoms with Crippen LogP contribution in [0.1, 0.15) is 17.3 Å². The van der Waals surface area contributed by atoms with Crippen molar-refractivity contribution in [3.63, 3.8) is 0 Å². The van der Waals surface area contributed by atoms with Gasteiger partial charge in [0, 0.05) is 6.92 Å². The molecule has 0 fully saturated rings. The molecule has 0 saturated heterocycles. The van der Waals surface area contributed by atoms with Crippen LogP contribution in [0.5, 0.6) is 0 Å². The molecule has 1 aromatic rings. The van der Waals surface area contributed by atoms with E-state index in [2.05, 4.69) is 15.6 Å². The Morgan fingerprint density at radius 3 is 2.27 bits per heavy atom. The molecule has 1 aromatic carbocycles. The van der Waals surface area contributed by atoms with E-state index in [1.165, 1.54) is 14.0 Å².